The number of hydrogen-bond acceptors (Lipinski definition) is 1. The first-order valence-electron chi connectivity index (χ1n) is 7.24. The van der Waals surface area contributed by atoms with Crippen LogP contribution in [-0.2, 0) is 0 Å². The lowest BCUT2D eigenvalue weighted by molar-refractivity contribution is 0.269. The van der Waals surface area contributed by atoms with Crippen molar-refractivity contribution in [3.8, 4) is 0 Å². The highest BCUT2D eigenvalue weighted by molar-refractivity contribution is 14.0. The third kappa shape index (κ3) is 3.11. The fraction of sp³-hybridized carbons (Fsp3) is 0.929. The first-order valence-corrected chi connectivity index (χ1v) is 7.24. The van der Waals surface area contributed by atoms with Crippen LogP contribution in [0.25, 0.3) is 0 Å². The molecule has 0 amide bonds. The van der Waals surface area contributed by atoms with E-state index in [0.29, 0.717) is 5.41 Å². The summed E-state index contributed by atoms with van der Waals surface area (Å²) in [6.45, 7) is 5.52. The highest BCUT2D eigenvalue weighted by Crippen LogP contribution is 2.61. The predicted octanol–water partition coefficient (Wildman–Crippen LogP) is 2.84. The number of halogens is 1. The normalized spacial score (nSPS) is 30.8. The summed E-state index contributed by atoms with van der Waals surface area (Å²) in [5, 5.41) is 0. The molecule has 1 heterocycles. The first kappa shape index (κ1) is 14.4. The summed E-state index contributed by atoms with van der Waals surface area (Å²) >= 11 is 0. The number of aliphatic imine (C=N–C) groups is 1. The zero-order valence-corrected chi connectivity index (χ0v) is 13.7. The van der Waals surface area contributed by atoms with Gasteiger partial charge < -0.3 is 10.6 Å². The van der Waals surface area contributed by atoms with E-state index >= 15 is 0 Å². The minimum absolute atomic E-state index is 0. The third-order valence-corrected chi connectivity index (χ3v) is 4.87. The van der Waals surface area contributed by atoms with Crippen LogP contribution >= 0.6 is 24.0 Å². The average molecular weight is 363 g/mol. The molecule has 2 saturated carbocycles. The zero-order valence-electron chi connectivity index (χ0n) is 11.4. The second kappa shape index (κ2) is 5.55. The Bertz CT molecular complexity index is 321. The van der Waals surface area contributed by atoms with E-state index in [-0.39, 0.29) is 24.0 Å². The van der Waals surface area contributed by atoms with Gasteiger partial charge in [-0.1, -0.05) is 6.92 Å². The molecule has 3 rings (SSSR count). The molecule has 1 saturated heterocycles. The van der Waals surface area contributed by atoms with E-state index in [1.807, 2.05) is 0 Å². The molecule has 3 fully saturated rings. The first-order chi connectivity index (χ1) is 8.20. The van der Waals surface area contributed by atoms with Gasteiger partial charge in [0.05, 0.1) is 0 Å². The number of likely N-dealkylation sites (tertiary alicyclic amines) is 1. The average Bonchev–Trinajstić information content (AvgIpc) is 3.15. The van der Waals surface area contributed by atoms with E-state index in [2.05, 4.69) is 11.8 Å². The number of hydrogen-bond donors (Lipinski definition) is 1. The Balaban J connectivity index is 0.00000120. The minimum atomic E-state index is 0. The van der Waals surface area contributed by atoms with Crippen molar-refractivity contribution in [3.63, 3.8) is 0 Å². The Labute approximate surface area is 128 Å². The number of rotatable bonds is 3. The minimum Gasteiger partial charge on any atom is -0.370 e. The lowest BCUT2D eigenvalue weighted by Crippen LogP contribution is -2.43. The third-order valence-electron chi connectivity index (χ3n) is 4.87. The van der Waals surface area contributed by atoms with E-state index in [1.165, 1.54) is 38.5 Å². The van der Waals surface area contributed by atoms with Crippen LogP contribution < -0.4 is 5.73 Å². The van der Waals surface area contributed by atoms with Gasteiger partial charge in [0, 0.05) is 19.6 Å². The molecule has 0 bridgehead atoms. The Morgan fingerprint density at radius 1 is 1.33 bits per heavy atom. The molecule has 0 aromatic heterocycles. The summed E-state index contributed by atoms with van der Waals surface area (Å²) in [7, 11) is 0. The molecule has 0 radical (unpaired) electrons. The number of nitrogens with zero attached hydrogens (tertiary/aromatic N) is 2. The molecular weight excluding hydrogens is 337 g/mol. The molecule has 4 heteroatoms. The largest absolute Gasteiger partial charge is 0.370 e. The van der Waals surface area contributed by atoms with Crippen molar-refractivity contribution in [1.82, 2.24) is 4.90 Å². The second-order valence-electron chi connectivity index (χ2n) is 6.50. The van der Waals surface area contributed by atoms with Gasteiger partial charge in [-0.05, 0) is 55.8 Å². The molecule has 1 aliphatic heterocycles. The summed E-state index contributed by atoms with van der Waals surface area (Å²) < 4.78 is 0. The Morgan fingerprint density at radius 2 is 2.06 bits per heavy atom. The van der Waals surface area contributed by atoms with Crippen LogP contribution in [-0.4, -0.2) is 30.5 Å². The van der Waals surface area contributed by atoms with Gasteiger partial charge >= 0.3 is 0 Å². The van der Waals surface area contributed by atoms with Crippen LogP contribution in [0.1, 0.15) is 45.4 Å². The van der Waals surface area contributed by atoms with E-state index in [1.54, 1.807) is 0 Å². The van der Waals surface area contributed by atoms with E-state index in [0.717, 1.165) is 37.4 Å². The van der Waals surface area contributed by atoms with Crippen molar-refractivity contribution < 1.29 is 0 Å². The maximum Gasteiger partial charge on any atom is 0.191 e. The smallest absolute Gasteiger partial charge is 0.191 e. The fourth-order valence-corrected chi connectivity index (χ4v) is 3.29. The van der Waals surface area contributed by atoms with Gasteiger partial charge in [-0.2, -0.15) is 0 Å². The molecule has 0 spiro atoms. The van der Waals surface area contributed by atoms with Crippen molar-refractivity contribution in [3.05, 3.63) is 0 Å². The quantitative estimate of drug-likeness (QED) is 0.476. The summed E-state index contributed by atoms with van der Waals surface area (Å²) in [5.74, 6) is 2.57. The number of piperidine rings is 1. The number of guanidine groups is 1. The van der Waals surface area contributed by atoms with Crippen molar-refractivity contribution in [1.29, 1.82) is 0 Å². The summed E-state index contributed by atoms with van der Waals surface area (Å²) in [4.78, 5) is 6.99. The molecule has 1 atom stereocenters. The van der Waals surface area contributed by atoms with Crippen molar-refractivity contribution >= 4 is 29.9 Å². The molecule has 0 aromatic carbocycles. The molecule has 104 valence electrons. The van der Waals surface area contributed by atoms with Crippen LogP contribution in [0.2, 0.25) is 0 Å². The zero-order chi connectivity index (χ0) is 11.9. The van der Waals surface area contributed by atoms with Crippen molar-refractivity contribution in [2.75, 3.05) is 19.6 Å². The van der Waals surface area contributed by atoms with Crippen LogP contribution in [0.15, 0.2) is 4.99 Å². The molecule has 18 heavy (non-hydrogen) atoms. The van der Waals surface area contributed by atoms with Crippen molar-refractivity contribution in [2.45, 2.75) is 45.4 Å². The van der Waals surface area contributed by atoms with E-state index < -0.39 is 0 Å². The Morgan fingerprint density at radius 3 is 2.61 bits per heavy atom. The number of nitrogens with two attached hydrogens (primary N) is 1. The van der Waals surface area contributed by atoms with Gasteiger partial charge in [0.15, 0.2) is 5.96 Å². The monoisotopic (exact) mass is 363 g/mol. The van der Waals surface area contributed by atoms with Gasteiger partial charge in [-0.3, -0.25) is 4.99 Å². The molecule has 3 aliphatic rings. The summed E-state index contributed by atoms with van der Waals surface area (Å²) in [5.41, 5.74) is 6.73. The van der Waals surface area contributed by atoms with Gasteiger partial charge in [0.25, 0.3) is 0 Å². The molecule has 1 unspecified atom stereocenters. The molecule has 3 nitrogen and oxygen atoms in total. The van der Waals surface area contributed by atoms with Gasteiger partial charge in [0.1, 0.15) is 0 Å². The molecule has 0 aromatic rings. The van der Waals surface area contributed by atoms with Crippen LogP contribution in [0.3, 0.4) is 0 Å². The summed E-state index contributed by atoms with van der Waals surface area (Å²) in [6.07, 6.45) is 8.28. The predicted molar refractivity (Wildman–Crippen MR) is 86.3 cm³/mol. The summed E-state index contributed by atoms with van der Waals surface area (Å²) in [6, 6.07) is 0. The van der Waals surface area contributed by atoms with Gasteiger partial charge in [-0.15, -0.1) is 24.0 Å². The Kier molecular flexibility index (Phi) is 4.44. The molecular formula is C14H26IN3. The Hall–Kier alpha value is 0. The van der Waals surface area contributed by atoms with E-state index in [9.17, 15) is 0 Å². The highest BCUT2D eigenvalue weighted by atomic mass is 127. The topological polar surface area (TPSA) is 41.6 Å². The van der Waals surface area contributed by atoms with Gasteiger partial charge in [0.2, 0.25) is 0 Å². The molecule has 2 N–H and O–H groups in total. The van der Waals surface area contributed by atoms with Crippen LogP contribution in [0.4, 0.5) is 0 Å². The SMILES string of the molecule is CC1CCCN(C(N)=NCC2(C3CC3)CC2)C1.I. The van der Waals surface area contributed by atoms with E-state index in [4.69, 9.17) is 10.7 Å². The highest BCUT2D eigenvalue weighted by Gasteiger charge is 2.53. The van der Waals surface area contributed by atoms with Crippen LogP contribution in [0.5, 0.6) is 0 Å². The molecule has 2 aliphatic carbocycles. The standard InChI is InChI=1S/C14H25N3.HI/c1-11-3-2-8-17(9-11)13(15)16-10-14(6-7-14)12-4-5-12;/h11-12H,2-10H2,1H3,(H2,15,16);1H. The lowest BCUT2D eigenvalue weighted by atomic mass is 10.0. The maximum absolute atomic E-state index is 6.14. The van der Waals surface area contributed by atoms with Gasteiger partial charge in [-0.25, -0.2) is 0 Å². The second-order valence-corrected chi connectivity index (χ2v) is 6.50. The maximum atomic E-state index is 6.14. The van der Waals surface area contributed by atoms with Crippen LogP contribution in [0, 0.1) is 17.3 Å². The lowest BCUT2D eigenvalue weighted by Gasteiger charge is -2.31. The van der Waals surface area contributed by atoms with Crippen molar-refractivity contribution in [2.24, 2.45) is 28.0 Å². The fourth-order valence-electron chi connectivity index (χ4n) is 3.29.